The summed E-state index contributed by atoms with van der Waals surface area (Å²) in [4.78, 5) is 0. The van der Waals surface area contributed by atoms with Gasteiger partial charge in [-0.3, -0.25) is 0 Å². The zero-order chi connectivity index (χ0) is 13.2. The van der Waals surface area contributed by atoms with E-state index in [1.807, 2.05) is 30.3 Å². The van der Waals surface area contributed by atoms with Crippen molar-refractivity contribution in [3.8, 4) is 16.9 Å². The van der Waals surface area contributed by atoms with Gasteiger partial charge in [0.25, 0.3) is 0 Å². The van der Waals surface area contributed by atoms with Gasteiger partial charge in [0.15, 0.2) is 0 Å². The Kier molecular flexibility index (Phi) is 3.13. The highest BCUT2D eigenvalue weighted by atomic mass is 79.9. The van der Waals surface area contributed by atoms with E-state index in [9.17, 15) is 4.39 Å². The molecular weight excluding hydrogens is 309 g/mol. The minimum atomic E-state index is -0.325. The summed E-state index contributed by atoms with van der Waals surface area (Å²) in [6.07, 6.45) is 1.71. The first-order valence-electron chi connectivity index (χ1n) is 5.67. The molecule has 1 aromatic heterocycles. The molecular formula is C14H9BrFN3. The van der Waals surface area contributed by atoms with E-state index in [1.165, 1.54) is 6.07 Å². The standard InChI is InChI=1S/C14H9BrFN3/c15-10-6-7-12(13(16)8-10)14-9-19(18-17-14)11-4-2-1-3-5-11/h1-9H. The number of benzene rings is 2. The zero-order valence-electron chi connectivity index (χ0n) is 9.79. The van der Waals surface area contributed by atoms with Crippen LogP contribution in [0.4, 0.5) is 4.39 Å². The van der Waals surface area contributed by atoms with Gasteiger partial charge in [-0.1, -0.05) is 39.3 Å². The van der Waals surface area contributed by atoms with Gasteiger partial charge in [0.05, 0.1) is 11.9 Å². The Bertz CT molecular complexity index is 710. The minimum Gasteiger partial charge on any atom is -0.220 e. The molecule has 0 saturated carbocycles. The monoisotopic (exact) mass is 317 g/mol. The second kappa shape index (κ2) is 4.93. The first-order chi connectivity index (χ1) is 9.24. The van der Waals surface area contributed by atoms with E-state index < -0.39 is 0 Å². The third kappa shape index (κ3) is 2.42. The van der Waals surface area contributed by atoms with Crippen LogP contribution in [0.3, 0.4) is 0 Å². The molecule has 0 aliphatic heterocycles. The number of halogens is 2. The summed E-state index contributed by atoms with van der Waals surface area (Å²) in [5.41, 5.74) is 1.83. The fraction of sp³-hybridized carbons (Fsp3) is 0. The number of para-hydroxylation sites is 1. The van der Waals surface area contributed by atoms with Crippen molar-refractivity contribution >= 4 is 15.9 Å². The predicted molar refractivity (Wildman–Crippen MR) is 74.5 cm³/mol. The van der Waals surface area contributed by atoms with Crippen LogP contribution in [0.25, 0.3) is 16.9 Å². The topological polar surface area (TPSA) is 30.7 Å². The maximum Gasteiger partial charge on any atom is 0.133 e. The third-order valence-corrected chi connectivity index (χ3v) is 3.21. The summed E-state index contributed by atoms with van der Waals surface area (Å²) in [5.74, 6) is -0.325. The molecule has 0 spiro atoms. The number of nitrogens with zero attached hydrogens (tertiary/aromatic N) is 3. The van der Waals surface area contributed by atoms with Gasteiger partial charge in [0.2, 0.25) is 0 Å². The van der Waals surface area contributed by atoms with E-state index in [1.54, 1.807) is 23.0 Å². The SMILES string of the molecule is Fc1cc(Br)ccc1-c1cn(-c2ccccc2)nn1. The molecule has 0 N–H and O–H groups in total. The fourth-order valence-corrected chi connectivity index (χ4v) is 2.12. The van der Waals surface area contributed by atoms with Gasteiger partial charge in [-0.2, -0.15) is 0 Å². The van der Waals surface area contributed by atoms with Gasteiger partial charge >= 0.3 is 0 Å². The van der Waals surface area contributed by atoms with Crippen LogP contribution < -0.4 is 0 Å². The molecule has 0 unspecified atom stereocenters. The van der Waals surface area contributed by atoms with E-state index in [0.29, 0.717) is 15.7 Å². The Balaban J connectivity index is 2.02. The molecule has 1 heterocycles. The summed E-state index contributed by atoms with van der Waals surface area (Å²) < 4.78 is 16.2. The summed E-state index contributed by atoms with van der Waals surface area (Å²) >= 11 is 3.23. The van der Waals surface area contributed by atoms with Gasteiger partial charge in [0, 0.05) is 10.0 Å². The van der Waals surface area contributed by atoms with Crippen LogP contribution in [-0.2, 0) is 0 Å². The van der Waals surface area contributed by atoms with Crippen molar-refractivity contribution in [1.82, 2.24) is 15.0 Å². The molecule has 2 aromatic carbocycles. The first kappa shape index (κ1) is 12.0. The highest BCUT2D eigenvalue weighted by Gasteiger charge is 2.10. The lowest BCUT2D eigenvalue weighted by molar-refractivity contribution is 0.630. The molecule has 0 radical (unpaired) electrons. The van der Waals surface area contributed by atoms with Crippen LogP contribution >= 0.6 is 15.9 Å². The Morgan fingerprint density at radius 2 is 1.84 bits per heavy atom. The second-order valence-corrected chi connectivity index (χ2v) is 4.92. The lowest BCUT2D eigenvalue weighted by Crippen LogP contribution is -1.93. The summed E-state index contributed by atoms with van der Waals surface area (Å²) in [6.45, 7) is 0. The molecule has 3 rings (SSSR count). The normalized spacial score (nSPS) is 10.6. The van der Waals surface area contributed by atoms with Crippen LogP contribution in [0.1, 0.15) is 0 Å². The third-order valence-electron chi connectivity index (χ3n) is 2.72. The van der Waals surface area contributed by atoms with E-state index >= 15 is 0 Å². The molecule has 0 saturated heterocycles. The molecule has 3 aromatic rings. The summed E-state index contributed by atoms with van der Waals surface area (Å²) in [5, 5.41) is 8.03. The molecule has 0 aliphatic carbocycles. The van der Waals surface area contributed by atoms with Crippen molar-refractivity contribution in [2.45, 2.75) is 0 Å². The lowest BCUT2D eigenvalue weighted by atomic mass is 10.1. The molecule has 0 aliphatic rings. The van der Waals surface area contributed by atoms with Crippen LogP contribution in [0.15, 0.2) is 59.2 Å². The Morgan fingerprint density at radius 3 is 2.58 bits per heavy atom. The van der Waals surface area contributed by atoms with Crippen LogP contribution in [0.2, 0.25) is 0 Å². The fourth-order valence-electron chi connectivity index (χ4n) is 1.79. The molecule has 0 amide bonds. The van der Waals surface area contributed by atoms with E-state index in [4.69, 9.17) is 0 Å². The first-order valence-corrected chi connectivity index (χ1v) is 6.46. The molecule has 0 fully saturated rings. The van der Waals surface area contributed by atoms with Gasteiger partial charge in [-0.25, -0.2) is 9.07 Å². The highest BCUT2D eigenvalue weighted by molar-refractivity contribution is 9.10. The average Bonchev–Trinajstić information content (AvgIpc) is 2.89. The molecule has 0 atom stereocenters. The molecule has 19 heavy (non-hydrogen) atoms. The Labute approximate surface area is 117 Å². The summed E-state index contributed by atoms with van der Waals surface area (Å²) in [7, 11) is 0. The number of hydrogen-bond acceptors (Lipinski definition) is 2. The predicted octanol–water partition coefficient (Wildman–Crippen LogP) is 3.84. The second-order valence-electron chi connectivity index (χ2n) is 4.01. The van der Waals surface area contributed by atoms with Crippen LogP contribution in [0.5, 0.6) is 0 Å². The highest BCUT2D eigenvalue weighted by Crippen LogP contribution is 2.24. The largest absolute Gasteiger partial charge is 0.220 e. The number of aromatic nitrogens is 3. The Hall–Kier alpha value is -2.01. The molecule has 3 nitrogen and oxygen atoms in total. The van der Waals surface area contributed by atoms with Crippen molar-refractivity contribution in [2.75, 3.05) is 0 Å². The molecule has 5 heteroatoms. The smallest absolute Gasteiger partial charge is 0.133 e. The summed E-state index contributed by atoms with van der Waals surface area (Å²) in [6, 6.07) is 14.5. The van der Waals surface area contributed by atoms with E-state index in [-0.39, 0.29) is 5.82 Å². The molecule has 94 valence electrons. The number of hydrogen-bond donors (Lipinski definition) is 0. The van der Waals surface area contributed by atoms with E-state index in [0.717, 1.165) is 5.69 Å². The Morgan fingerprint density at radius 1 is 1.05 bits per heavy atom. The maximum atomic E-state index is 13.8. The van der Waals surface area contributed by atoms with E-state index in [2.05, 4.69) is 26.2 Å². The van der Waals surface area contributed by atoms with Crippen molar-refractivity contribution in [3.63, 3.8) is 0 Å². The van der Waals surface area contributed by atoms with Gasteiger partial charge < -0.3 is 0 Å². The minimum absolute atomic E-state index is 0.325. The lowest BCUT2D eigenvalue weighted by Gasteiger charge is -1.99. The maximum absolute atomic E-state index is 13.8. The van der Waals surface area contributed by atoms with Gasteiger partial charge in [-0.15, -0.1) is 5.10 Å². The zero-order valence-corrected chi connectivity index (χ0v) is 11.4. The van der Waals surface area contributed by atoms with Crippen molar-refractivity contribution in [3.05, 3.63) is 65.0 Å². The average molecular weight is 318 g/mol. The van der Waals surface area contributed by atoms with Crippen LogP contribution in [0, 0.1) is 5.82 Å². The number of rotatable bonds is 2. The van der Waals surface area contributed by atoms with Crippen molar-refractivity contribution < 1.29 is 4.39 Å². The van der Waals surface area contributed by atoms with Crippen LogP contribution in [-0.4, -0.2) is 15.0 Å². The van der Waals surface area contributed by atoms with Crippen molar-refractivity contribution in [2.24, 2.45) is 0 Å². The van der Waals surface area contributed by atoms with Gasteiger partial charge in [-0.05, 0) is 30.3 Å². The quantitative estimate of drug-likeness (QED) is 0.719. The molecule has 0 bridgehead atoms. The van der Waals surface area contributed by atoms with Crippen molar-refractivity contribution in [1.29, 1.82) is 0 Å². The van der Waals surface area contributed by atoms with Gasteiger partial charge in [0.1, 0.15) is 11.5 Å².